The number of methoxy groups -OCH3 is 2. The maximum absolute atomic E-state index is 13.0. The van der Waals surface area contributed by atoms with Crippen LogP contribution in [0, 0.1) is 5.92 Å². The van der Waals surface area contributed by atoms with E-state index in [4.69, 9.17) is 25.8 Å². The van der Waals surface area contributed by atoms with Crippen molar-refractivity contribution in [2.24, 2.45) is 5.92 Å². The SMILES string of the molecule is COCCN1C(=O)C(=O)/C(=C(\O)c2ccc(Cl)c(OC)c2)C1c1ccc(OCC(C)C)cc1. The van der Waals surface area contributed by atoms with Gasteiger partial charge in [-0.3, -0.25) is 9.59 Å². The summed E-state index contributed by atoms with van der Waals surface area (Å²) in [5, 5.41) is 11.5. The number of rotatable bonds is 9. The van der Waals surface area contributed by atoms with Gasteiger partial charge < -0.3 is 24.2 Å². The van der Waals surface area contributed by atoms with Gasteiger partial charge in [0, 0.05) is 19.2 Å². The highest BCUT2D eigenvalue weighted by Gasteiger charge is 2.45. The average Bonchev–Trinajstić information content (AvgIpc) is 3.06. The average molecular weight is 474 g/mol. The molecule has 1 atom stereocenters. The molecule has 1 aliphatic rings. The molecule has 3 rings (SSSR count). The predicted molar refractivity (Wildman–Crippen MR) is 126 cm³/mol. The topological polar surface area (TPSA) is 85.3 Å². The second-order valence-electron chi connectivity index (χ2n) is 8.11. The first-order valence-corrected chi connectivity index (χ1v) is 11.0. The number of likely N-dealkylation sites (tertiary alicyclic amines) is 1. The molecule has 0 aliphatic carbocycles. The van der Waals surface area contributed by atoms with Crippen LogP contribution in [0.15, 0.2) is 48.0 Å². The van der Waals surface area contributed by atoms with Crippen LogP contribution in [0.4, 0.5) is 0 Å². The Bertz CT molecular complexity index is 1050. The van der Waals surface area contributed by atoms with Gasteiger partial charge in [0.1, 0.15) is 17.3 Å². The molecule has 2 aromatic rings. The standard InChI is InChI=1S/C25H28ClNO6/c1-15(2)14-33-18-8-5-16(6-9-18)22-21(24(29)25(30)27(22)11-12-31-3)23(28)17-7-10-19(26)20(13-17)32-4/h5-10,13,15,22,28H,11-12,14H2,1-4H3/b23-21-. The molecule has 1 fully saturated rings. The van der Waals surface area contributed by atoms with Crippen LogP contribution in [-0.2, 0) is 14.3 Å². The third kappa shape index (κ3) is 5.31. The number of aliphatic hydroxyl groups is 1. The zero-order valence-electron chi connectivity index (χ0n) is 19.1. The molecule has 0 saturated carbocycles. The number of carbonyl (C=O) groups excluding carboxylic acids is 2. The minimum Gasteiger partial charge on any atom is -0.507 e. The van der Waals surface area contributed by atoms with Crippen molar-refractivity contribution >= 4 is 29.1 Å². The smallest absolute Gasteiger partial charge is 0.295 e. The fourth-order valence-corrected chi connectivity index (χ4v) is 3.81. The Morgan fingerprint density at radius 2 is 1.82 bits per heavy atom. The number of carbonyl (C=O) groups is 2. The second kappa shape index (κ2) is 10.7. The zero-order valence-corrected chi connectivity index (χ0v) is 19.9. The van der Waals surface area contributed by atoms with Gasteiger partial charge in [0.25, 0.3) is 11.7 Å². The number of hydrogen-bond acceptors (Lipinski definition) is 6. The van der Waals surface area contributed by atoms with Crippen LogP contribution in [0.2, 0.25) is 5.02 Å². The van der Waals surface area contributed by atoms with Gasteiger partial charge in [0.2, 0.25) is 0 Å². The van der Waals surface area contributed by atoms with E-state index in [0.717, 1.165) is 0 Å². The van der Waals surface area contributed by atoms with Crippen molar-refractivity contribution in [3.63, 3.8) is 0 Å². The van der Waals surface area contributed by atoms with Gasteiger partial charge in [-0.1, -0.05) is 37.6 Å². The van der Waals surface area contributed by atoms with Crippen molar-refractivity contribution < 1.29 is 28.9 Å². The number of ether oxygens (including phenoxy) is 3. The molecule has 1 aliphatic heterocycles. The molecule has 1 heterocycles. The fourth-order valence-electron chi connectivity index (χ4n) is 3.62. The summed E-state index contributed by atoms with van der Waals surface area (Å²) in [4.78, 5) is 27.3. The Hall–Kier alpha value is -3.03. The van der Waals surface area contributed by atoms with E-state index < -0.39 is 17.7 Å². The van der Waals surface area contributed by atoms with Crippen LogP contribution in [0.3, 0.4) is 0 Å². The highest BCUT2D eigenvalue weighted by atomic mass is 35.5. The van der Waals surface area contributed by atoms with Crippen LogP contribution < -0.4 is 9.47 Å². The molecule has 33 heavy (non-hydrogen) atoms. The first-order chi connectivity index (χ1) is 15.8. The van der Waals surface area contributed by atoms with Gasteiger partial charge >= 0.3 is 0 Å². The van der Waals surface area contributed by atoms with Crippen molar-refractivity contribution in [1.29, 1.82) is 0 Å². The van der Waals surface area contributed by atoms with E-state index in [-0.39, 0.29) is 24.5 Å². The Morgan fingerprint density at radius 1 is 1.12 bits per heavy atom. The summed E-state index contributed by atoms with van der Waals surface area (Å²) in [5.41, 5.74) is 0.990. The lowest BCUT2D eigenvalue weighted by Gasteiger charge is -2.25. The summed E-state index contributed by atoms with van der Waals surface area (Å²) in [6.07, 6.45) is 0. The van der Waals surface area contributed by atoms with Crippen LogP contribution in [0.1, 0.15) is 31.0 Å². The number of ketones is 1. The summed E-state index contributed by atoms with van der Waals surface area (Å²) in [6.45, 7) is 5.13. The van der Waals surface area contributed by atoms with Crippen molar-refractivity contribution in [3.05, 3.63) is 64.2 Å². The molecule has 7 nitrogen and oxygen atoms in total. The Balaban J connectivity index is 2.07. The van der Waals surface area contributed by atoms with Gasteiger partial charge in [-0.25, -0.2) is 0 Å². The predicted octanol–water partition coefficient (Wildman–Crippen LogP) is 4.45. The van der Waals surface area contributed by atoms with E-state index in [1.807, 2.05) is 0 Å². The van der Waals surface area contributed by atoms with E-state index in [2.05, 4.69) is 13.8 Å². The highest BCUT2D eigenvalue weighted by molar-refractivity contribution is 6.46. The van der Waals surface area contributed by atoms with E-state index in [1.165, 1.54) is 25.2 Å². The monoisotopic (exact) mass is 473 g/mol. The number of halogens is 1. The van der Waals surface area contributed by atoms with E-state index in [0.29, 0.717) is 40.2 Å². The molecule has 1 unspecified atom stereocenters. The van der Waals surface area contributed by atoms with Gasteiger partial charge in [-0.2, -0.15) is 0 Å². The molecule has 1 N–H and O–H groups in total. The number of hydrogen-bond donors (Lipinski definition) is 1. The summed E-state index contributed by atoms with van der Waals surface area (Å²) < 4.78 is 16.1. The van der Waals surface area contributed by atoms with Crippen molar-refractivity contribution in [2.75, 3.05) is 34.0 Å². The molecule has 8 heteroatoms. The molecular formula is C25H28ClNO6. The third-order valence-corrected chi connectivity index (χ3v) is 5.59. The first kappa shape index (κ1) is 24.6. The lowest BCUT2D eigenvalue weighted by Crippen LogP contribution is -2.32. The van der Waals surface area contributed by atoms with E-state index >= 15 is 0 Å². The molecule has 176 valence electrons. The highest BCUT2D eigenvalue weighted by Crippen LogP contribution is 2.40. The van der Waals surface area contributed by atoms with Gasteiger partial charge in [-0.05, 0) is 41.8 Å². The fraction of sp³-hybridized carbons (Fsp3) is 0.360. The maximum atomic E-state index is 13.0. The number of Topliss-reactive ketones (excluding diaryl/α,β-unsaturated/α-hetero) is 1. The van der Waals surface area contributed by atoms with Crippen molar-refractivity contribution in [1.82, 2.24) is 4.90 Å². The normalized spacial score (nSPS) is 17.6. The number of nitrogens with zero attached hydrogens (tertiary/aromatic N) is 1. The van der Waals surface area contributed by atoms with Crippen molar-refractivity contribution in [3.8, 4) is 11.5 Å². The number of benzene rings is 2. The summed E-state index contributed by atoms with van der Waals surface area (Å²) in [5.74, 6) is -0.348. The summed E-state index contributed by atoms with van der Waals surface area (Å²) >= 11 is 6.10. The summed E-state index contributed by atoms with van der Waals surface area (Å²) in [7, 11) is 2.98. The third-order valence-electron chi connectivity index (χ3n) is 5.28. The van der Waals surface area contributed by atoms with Crippen molar-refractivity contribution in [2.45, 2.75) is 19.9 Å². The largest absolute Gasteiger partial charge is 0.507 e. The molecule has 0 bridgehead atoms. The number of aliphatic hydroxyl groups excluding tert-OH is 1. The van der Waals surface area contributed by atoms with Crippen LogP contribution >= 0.6 is 11.6 Å². The molecule has 1 amide bonds. The Labute approximate surface area is 198 Å². The maximum Gasteiger partial charge on any atom is 0.295 e. The lowest BCUT2D eigenvalue weighted by molar-refractivity contribution is -0.140. The molecule has 1 saturated heterocycles. The van der Waals surface area contributed by atoms with Crippen LogP contribution in [-0.4, -0.2) is 55.7 Å². The van der Waals surface area contributed by atoms with Gasteiger partial charge in [0.15, 0.2) is 0 Å². The molecule has 0 radical (unpaired) electrons. The molecule has 0 aromatic heterocycles. The molecule has 0 spiro atoms. The Morgan fingerprint density at radius 3 is 2.42 bits per heavy atom. The second-order valence-corrected chi connectivity index (χ2v) is 8.52. The van der Waals surface area contributed by atoms with Gasteiger partial charge in [0.05, 0.1) is 37.0 Å². The van der Waals surface area contributed by atoms with Crippen LogP contribution in [0.5, 0.6) is 11.5 Å². The van der Waals surface area contributed by atoms with E-state index in [9.17, 15) is 14.7 Å². The quantitative estimate of drug-likeness (QED) is 0.329. The molecular weight excluding hydrogens is 446 g/mol. The van der Waals surface area contributed by atoms with Gasteiger partial charge in [-0.15, -0.1) is 0 Å². The summed E-state index contributed by atoms with van der Waals surface area (Å²) in [6, 6.07) is 11.1. The minimum atomic E-state index is -0.777. The number of amides is 1. The Kier molecular flexibility index (Phi) is 8.00. The first-order valence-electron chi connectivity index (χ1n) is 10.6. The molecule has 2 aromatic carbocycles. The lowest BCUT2D eigenvalue weighted by atomic mass is 9.95. The minimum absolute atomic E-state index is 0.00340. The zero-order chi connectivity index (χ0) is 24.1. The van der Waals surface area contributed by atoms with E-state index in [1.54, 1.807) is 36.4 Å². The van der Waals surface area contributed by atoms with Crippen LogP contribution in [0.25, 0.3) is 5.76 Å².